The van der Waals surface area contributed by atoms with Crippen LogP contribution < -0.4 is 15.4 Å². The molecule has 3 nitrogen and oxygen atoms in total. The Morgan fingerprint density at radius 3 is 2.43 bits per heavy atom. The molecule has 2 aromatic carbocycles. The summed E-state index contributed by atoms with van der Waals surface area (Å²) in [6.07, 6.45) is 0. The van der Waals surface area contributed by atoms with E-state index in [1.807, 2.05) is 31.3 Å². The highest BCUT2D eigenvalue weighted by Crippen LogP contribution is 2.28. The minimum absolute atomic E-state index is 0.0321. The Kier molecular flexibility index (Phi) is 5.20. The molecule has 112 valence electrons. The van der Waals surface area contributed by atoms with Gasteiger partial charge in [0.2, 0.25) is 0 Å². The van der Waals surface area contributed by atoms with Crippen LogP contribution in [0.5, 0.6) is 5.75 Å². The van der Waals surface area contributed by atoms with Crippen molar-refractivity contribution in [2.45, 2.75) is 6.04 Å². The summed E-state index contributed by atoms with van der Waals surface area (Å²) < 4.78 is 19.0. The van der Waals surface area contributed by atoms with E-state index in [2.05, 4.69) is 20.8 Å². The molecular weight excluding hydrogens is 335 g/mol. The van der Waals surface area contributed by atoms with Crippen molar-refractivity contribution < 1.29 is 9.13 Å². The number of ether oxygens (including phenoxy) is 1. The van der Waals surface area contributed by atoms with Gasteiger partial charge in [0.15, 0.2) is 0 Å². The van der Waals surface area contributed by atoms with Gasteiger partial charge in [-0.25, -0.2) is 4.39 Å². The Labute approximate surface area is 132 Å². The Bertz CT molecular complexity index is 604. The van der Waals surface area contributed by atoms with Crippen molar-refractivity contribution in [3.63, 3.8) is 0 Å². The third kappa shape index (κ3) is 3.54. The number of nitrogens with two attached hydrogens (primary N) is 1. The van der Waals surface area contributed by atoms with Crippen LogP contribution in [-0.2, 0) is 0 Å². The average Bonchev–Trinajstić information content (AvgIpc) is 2.51. The van der Waals surface area contributed by atoms with E-state index in [-0.39, 0.29) is 11.9 Å². The molecule has 0 aromatic heterocycles. The van der Waals surface area contributed by atoms with E-state index < -0.39 is 0 Å². The van der Waals surface area contributed by atoms with Crippen molar-refractivity contribution in [3.8, 4) is 5.75 Å². The van der Waals surface area contributed by atoms with Gasteiger partial charge in [0.05, 0.1) is 17.6 Å². The second-order valence-corrected chi connectivity index (χ2v) is 5.59. The summed E-state index contributed by atoms with van der Waals surface area (Å²) in [4.78, 5) is 2.07. The maximum atomic E-state index is 13.4. The standard InChI is InChI=1S/C16H18BrFN2O/c1-20(12-4-6-13(21-2)7-5-12)16(10-19)11-3-8-15(18)14(17)9-11/h3-9,16H,10,19H2,1-2H3. The molecule has 5 heteroatoms. The molecule has 0 fully saturated rings. The molecule has 0 bridgehead atoms. The highest BCUT2D eigenvalue weighted by molar-refractivity contribution is 9.10. The summed E-state index contributed by atoms with van der Waals surface area (Å²) in [6, 6.07) is 12.7. The molecule has 2 N–H and O–H groups in total. The number of methoxy groups -OCH3 is 1. The quantitative estimate of drug-likeness (QED) is 0.890. The molecule has 0 amide bonds. The van der Waals surface area contributed by atoms with Crippen molar-refractivity contribution >= 4 is 21.6 Å². The smallest absolute Gasteiger partial charge is 0.137 e. The van der Waals surface area contributed by atoms with Gasteiger partial charge in [-0.15, -0.1) is 0 Å². The van der Waals surface area contributed by atoms with Crippen LogP contribution in [0.25, 0.3) is 0 Å². The van der Waals surface area contributed by atoms with Crippen molar-refractivity contribution in [1.82, 2.24) is 0 Å². The maximum absolute atomic E-state index is 13.4. The second-order valence-electron chi connectivity index (χ2n) is 4.73. The number of benzene rings is 2. The summed E-state index contributed by atoms with van der Waals surface area (Å²) >= 11 is 3.22. The molecule has 2 rings (SSSR count). The SMILES string of the molecule is COc1ccc(N(C)C(CN)c2ccc(F)c(Br)c2)cc1. The van der Waals surface area contributed by atoms with E-state index in [9.17, 15) is 4.39 Å². The first-order valence-corrected chi connectivity index (χ1v) is 7.38. The molecule has 1 atom stereocenters. The van der Waals surface area contributed by atoms with Crippen LogP contribution in [0.4, 0.5) is 10.1 Å². The predicted molar refractivity (Wildman–Crippen MR) is 87.3 cm³/mol. The molecule has 0 saturated heterocycles. The van der Waals surface area contributed by atoms with Gasteiger partial charge in [0.25, 0.3) is 0 Å². The van der Waals surface area contributed by atoms with Crippen LogP contribution in [-0.4, -0.2) is 20.7 Å². The van der Waals surface area contributed by atoms with Gasteiger partial charge in [-0.3, -0.25) is 0 Å². The van der Waals surface area contributed by atoms with Gasteiger partial charge in [-0.2, -0.15) is 0 Å². The minimum atomic E-state index is -0.276. The van der Waals surface area contributed by atoms with Gasteiger partial charge >= 0.3 is 0 Å². The summed E-state index contributed by atoms with van der Waals surface area (Å²) in [5.41, 5.74) is 7.89. The third-order valence-electron chi connectivity index (χ3n) is 3.50. The fourth-order valence-corrected chi connectivity index (χ4v) is 2.63. The fraction of sp³-hybridized carbons (Fsp3) is 0.250. The molecule has 0 spiro atoms. The Hall–Kier alpha value is -1.59. The van der Waals surface area contributed by atoms with Crippen LogP contribution in [0.2, 0.25) is 0 Å². The lowest BCUT2D eigenvalue weighted by Crippen LogP contribution is -2.30. The zero-order valence-electron chi connectivity index (χ0n) is 12.0. The highest BCUT2D eigenvalue weighted by atomic mass is 79.9. The molecule has 1 unspecified atom stereocenters. The number of nitrogens with zero attached hydrogens (tertiary/aromatic N) is 1. The van der Waals surface area contributed by atoms with E-state index in [1.165, 1.54) is 6.07 Å². The molecule has 0 aliphatic heterocycles. The number of hydrogen-bond donors (Lipinski definition) is 1. The van der Waals surface area contributed by atoms with Crippen LogP contribution in [0.3, 0.4) is 0 Å². The topological polar surface area (TPSA) is 38.5 Å². The lowest BCUT2D eigenvalue weighted by molar-refractivity contribution is 0.415. The van der Waals surface area contributed by atoms with Crippen molar-refractivity contribution in [3.05, 3.63) is 58.3 Å². The van der Waals surface area contributed by atoms with E-state index in [1.54, 1.807) is 19.2 Å². The lowest BCUT2D eigenvalue weighted by Gasteiger charge is -2.29. The first-order chi connectivity index (χ1) is 10.1. The Morgan fingerprint density at radius 2 is 1.90 bits per heavy atom. The van der Waals surface area contributed by atoms with Gasteiger partial charge in [-0.1, -0.05) is 6.07 Å². The summed E-state index contributed by atoms with van der Waals surface area (Å²) in [5, 5.41) is 0. The summed E-state index contributed by atoms with van der Waals surface area (Å²) in [6.45, 7) is 0.431. The fourth-order valence-electron chi connectivity index (χ4n) is 2.23. The van der Waals surface area contributed by atoms with Crippen molar-refractivity contribution in [2.75, 3.05) is 25.6 Å². The van der Waals surface area contributed by atoms with Crippen LogP contribution in [0.15, 0.2) is 46.9 Å². The van der Waals surface area contributed by atoms with Gasteiger partial charge in [0, 0.05) is 19.3 Å². The monoisotopic (exact) mass is 352 g/mol. The number of halogens is 2. The molecule has 0 saturated carbocycles. The van der Waals surface area contributed by atoms with E-state index in [0.29, 0.717) is 11.0 Å². The average molecular weight is 353 g/mol. The lowest BCUT2D eigenvalue weighted by atomic mass is 10.0. The Balaban J connectivity index is 2.28. The molecule has 2 aromatic rings. The van der Waals surface area contributed by atoms with Crippen molar-refractivity contribution in [2.24, 2.45) is 5.73 Å². The van der Waals surface area contributed by atoms with Gasteiger partial charge < -0.3 is 15.4 Å². The molecule has 0 heterocycles. The number of likely N-dealkylation sites (N-methyl/N-ethyl adjacent to an activating group) is 1. The molecular formula is C16H18BrFN2O. The highest BCUT2D eigenvalue weighted by Gasteiger charge is 2.17. The van der Waals surface area contributed by atoms with E-state index in [4.69, 9.17) is 10.5 Å². The normalized spacial score (nSPS) is 12.0. The van der Waals surface area contributed by atoms with Crippen LogP contribution >= 0.6 is 15.9 Å². The number of anilines is 1. The van der Waals surface area contributed by atoms with E-state index in [0.717, 1.165) is 17.0 Å². The largest absolute Gasteiger partial charge is 0.497 e. The van der Waals surface area contributed by atoms with Gasteiger partial charge in [0.1, 0.15) is 11.6 Å². The summed E-state index contributed by atoms with van der Waals surface area (Å²) in [7, 11) is 3.61. The molecule has 21 heavy (non-hydrogen) atoms. The van der Waals surface area contributed by atoms with Crippen LogP contribution in [0.1, 0.15) is 11.6 Å². The zero-order valence-corrected chi connectivity index (χ0v) is 13.6. The minimum Gasteiger partial charge on any atom is -0.497 e. The number of hydrogen-bond acceptors (Lipinski definition) is 3. The molecule has 0 radical (unpaired) electrons. The van der Waals surface area contributed by atoms with Crippen LogP contribution in [0, 0.1) is 5.82 Å². The second kappa shape index (κ2) is 6.91. The first-order valence-electron chi connectivity index (χ1n) is 6.58. The molecule has 0 aliphatic rings. The first kappa shape index (κ1) is 15.8. The van der Waals surface area contributed by atoms with E-state index >= 15 is 0 Å². The maximum Gasteiger partial charge on any atom is 0.137 e. The zero-order chi connectivity index (χ0) is 15.4. The summed E-state index contributed by atoms with van der Waals surface area (Å²) in [5.74, 6) is 0.530. The Morgan fingerprint density at radius 1 is 1.24 bits per heavy atom. The van der Waals surface area contributed by atoms with Crippen molar-refractivity contribution in [1.29, 1.82) is 0 Å². The predicted octanol–water partition coefficient (Wildman–Crippen LogP) is 3.73. The number of rotatable bonds is 5. The van der Waals surface area contributed by atoms with Gasteiger partial charge in [-0.05, 0) is 57.9 Å². The molecule has 0 aliphatic carbocycles. The third-order valence-corrected chi connectivity index (χ3v) is 4.11.